The highest BCUT2D eigenvalue weighted by Crippen LogP contribution is 2.38. The Morgan fingerprint density at radius 1 is 1.11 bits per heavy atom. The topological polar surface area (TPSA) is 45.6 Å². The summed E-state index contributed by atoms with van der Waals surface area (Å²) in [5.41, 5.74) is -2.11. The molecular weight excluding hydrogens is 398 g/mol. The van der Waals surface area contributed by atoms with Crippen molar-refractivity contribution in [2.24, 2.45) is 0 Å². The van der Waals surface area contributed by atoms with Crippen LogP contribution in [-0.2, 0) is 11.8 Å². The lowest BCUT2D eigenvalue weighted by atomic mass is 9.84. The van der Waals surface area contributed by atoms with E-state index in [1.165, 1.54) is 12.1 Å². The lowest BCUT2D eigenvalue weighted by Crippen LogP contribution is -2.42. The van der Waals surface area contributed by atoms with Crippen LogP contribution >= 0.6 is 11.3 Å². The van der Waals surface area contributed by atoms with Crippen molar-refractivity contribution in [3.63, 3.8) is 0 Å². The number of nitrogens with zero attached hydrogens (tertiary/aromatic N) is 2. The molecule has 4 nitrogen and oxygen atoms in total. The summed E-state index contributed by atoms with van der Waals surface area (Å²) in [5.74, 6) is -0.439. The highest BCUT2D eigenvalue weighted by molar-refractivity contribution is 7.13. The van der Waals surface area contributed by atoms with Crippen LogP contribution in [0, 0.1) is 0 Å². The van der Waals surface area contributed by atoms with E-state index >= 15 is 0 Å². The molecule has 11 heteroatoms. The molecule has 1 aromatic heterocycles. The van der Waals surface area contributed by atoms with Gasteiger partial charge in [-0.25, -0.2) is 4.98 Å². The maximum Gasteiger partial charge on any atom is 0.573 e. The van der Waals surface area contributed by atoms with Crippen LogP contribution in [0.1, 0.15) is 24.1 Å². The van der Waals surface area contributed by atoms with Crippen LogP contribution in [0.4, 0.5) is 31.5 Å². The SMILES string of the molecule is OC1(c2cccc(OC(F)(F)F)c2)CCN(c2nc(C(F)(F)F)cs2)CC1. The van der Waals surface area contributed by atoms with Gasteiger partial charge in [-0.3, -0.25) is 0 Å². The molecule has 148 valence electrons. The molecule has 27 heavy (non-hydrogen) atoms. The number of hydrogen-bond donors (Lipinski definition) is 1. The van der Waals surface area contributed by atoms with Crippen LogP contribution in [0.25, 0.3) is 0 Å². The molecule has 0 saturated carbocycles. The molecule has 1 fully saturated rings. The van der Waals surface area contributed by atoms with E-state index < -0.39 is 29.6 Å². The standard InChI is InChI=1S/C16H14F6N2O2S/c17-15(18,19)12-9-27-13(23-12)24-6-4-14(25,5-7-24)10-2-1-3-11(8-10)26-16(20,21)22/h1-3,8-9,25H,4-7H2. The number of piperidine rings is 1. The fraction of sp³-hybridized carbons (Fsp3) is 0.438. The van der Waals surface area contributed by atoms with E-state index in [2.05, 4.69) is 9.72 Å². The van der Waals surface area contributed by atoms with Crippen molar-refractivity contribution in [2.75, 3.05) is 18.0 Å². The number of halogens is 6. The molecule has 1 saturated heterocycles. The van der Waals surface area contributed by atoms with Gasteiger partial charge in [0.25, 0.3) is 0 Å². The second-order valence-corrected chi connectivity index (χ2v) is 6.94. The maximum atomic E-state index is 12.7. The molecule has 1 N–H and O–H groups in total. The Kier molecular flexibility index (Phi) is 5.02. The Hall–Kier alpha value is -2.01. The first kappa shape index (κ1) is 19.7. The molecule has 0 bridgehead atoms. The van der Waals surface area contributed by atoms with Crippen molar-refractivity contribution in [1.82, 2.24) is 4.98 Å². The summed E-state index contributed by atoms with van der Waals surface area (Å²) in [6.45, 7) is 0.428. The molecule has 3 rings (SSSR count). The summed E-state index contributed by atoms with van der Waals surface area (Å²) < 4.78 is 78.9. The predicted octanol–water partition coefficient (Wildman–Crippen LogP) is 4.55. The van der Waals surface area contributed by atoms with Gasteiger partial charge in [0.15, 0.2) is 10.8 Å². The second kappa shape index (κ2) is 6.86. The van der Waals surface area contributed by atoms with Crippen molar-refractivity contribution in [3.05, 3.63) is 40.9 Å². The van der Waals surface area contributed by atoms with Gasteiger partial charge in [-0.2, -0.15) is 13.2 Å². The largest absolute Gasteiger partial charge is 0.573 e. The number of alkyl halides is 6. The number of aromatic nitrogens is 1. The van der Waals surface area contributed by atoms with Crippen molar-refractivity contribution < 1.29 is 36.2 Å². The molecular formula is C16H14F6N2O2S. The molecule has 1 aliphatic rings. The summed E-state index contributed by atoms with van der Waals surface area (Å²) in [6, 6.07) is 5.08. The van der Waals surface area contributed by atoms with Crippen molar-refractivity contribution in [2.45, 2.75) is 31.0 Å². The first-order valence-corrected chi connectivity index (χ1v) is 8.71. The van der Waals surface area contributed by atoms with Crippen LogP contribution in [0.2, 0.25) is 0 Å². The van der Waals surface area contributed by atoms with Gasteiger partial charge in [0.1, 0.15) is 5.75 Å². The van der Waals surface area contributed by atoms with Crippen molar-refractivity contribution >= 4 is 16.5 Å². The number of thiazole rings is 1. The van der Waals surface area contributed by atoms with E-state index in [9.17, 15) is 31.4 Å². The molecule has 0 radical (unpaired) electrons. The van der Waals surface area contributed by atoms with E-state index in [-0.39, 0.29) is 36.6 Å². The van der Waals surface area contributed by atoms with Crippen molar-refractivity contribution in [1.29, 1.82) is 0 Å². The number of aliphatic hydroxyl groups is 1. The summed E-state index contributed by atoms with van der Waals surface area (Å²) in [4.78, 5) is 5.19. The van der Waals surface area contributed by atoms with Gasteiger partial charge in [-0.05, 0) is 30.5 Å². The summed E-state index contributed by atoms with van der Waals surface area (Å²) in [6.07, 6.45) is -9.11. The summed E-state index contributed by atoms with van der Waals surface area (Å²) >= 11 is 0.856. The minimum Gasteiger partial charge on any atom is -0.406 e. The average Bonchev–Trinajstić information content (AvgIpc) is 3.04. The number of rotatable bonds is 3. The Morgan fingerprint density at radius 3 is 2.33 bits per heavy atom. The van der Waals surface area contributed by atoms with Gasteiger partial charge >= 0.3 is 12.5 Å². The fourth-order valence-electron chi connectivity index (χ4n) is 2.88. The lowest BCUT2D eigenvalue weighted by molar-refractivity contribution is -0.274. The Bertz CT molecular complexity index is 797. The zero-order valence-electron chi connectivity index (χ0n) is 13.6. The quantitative estimate of drug-likeness (QED) is 0.752. The van der Waals surface area contributed by atoms with E-state index in [4.69, 9.17) is 0 Å². The van der Waals surface area contributed by atoms with Crippen LogP contribution in [0.15, 0.2) is 29.6 Å². The molecule has 2 aromatic rings. The molecule has 0 aliphatic carbocycles. The molecule has 1 aliphatic heterocycles. The normalized spacial score (nSPS) is 17.8. The first-order chi connectivity index (χ1) is 12.5. The van der Waals surface area contributed by atoms with E-state index in [1.807, 2.05) is 0 Å². The molecule has 0 spiro atoms. The fourth-order valence-corrected chi connectivity index (χ4v) is 3.77. The van der Waals surface area contributed by atoms with E-state index in [0.717, 1.165) is 28.8 Å². The third-order valence-corrected chi connectivity index (χ3v) is 5.15. The molecule has 2 heterocycles. The minimum absolute atomic E-state index is 0.128. The third kappa shape index (κ3) is 4.64. The van der Waals surface area contributed by atoms with Crippen LogP contribution in [0.5, 0.6) is 5.75 Å². The number of hydrogen-bond acceptors (Lipinski definition) is 5. The van der Waals surface area contributed by atoms with Crippen LogP contribution in [0.3, 0.4) is 0 Å². The number of anilines is 1. The van der Waals surface area contributed by atoms with E-state index in [1.54, 1.807) is 4.90 Å². The zero-order valence-corrected chi connectivity index (χ0v) is 14.5. The zero-order chi connectivity index (χ0) is 19.9. The van der Waals surface area contributed by atoms with Crippen molar-refractivity contribution in [3.8, 4) is 5.75 Å². The molecule has 1 aromatic carbocycles. The van der Waals surface area contributed by atoms with Crippen LogP contribution in [-0.4, -0.2) is 29.5 Å². The summed E-state index contributed by atoms with van der Waals surface area (Å²) in [7, 11) is 0. The number of benzene rings is 1. The molecule has 0 atom stereocenters. The minimum atomic E-state index is -4.84. The van der Waals surface area contributed by atoms with Gasteiger partial charge in [-0.1, -0.05) is 12.1 Å². The van der Waals surface area contributed by atoms with Gasteiger partial charge in [0.05, 0.1) is 5.60 Å². The maximum absolute atomic E-state index is 12.7. The third-order valence-electron chi connectivity index (χ3n) is 4.25. The summed E-state index contributed by atoms with van der Waals surface area (Å²) in [5, 5.41) is 11.9. The second-order valence-electron chi connectivity index (χ2n) is 6.11. The van der Waals surface area contributed by atoms with Gasteiger partial charge in [0.2, 0.25) is 0 Å². The van der Waals surface area contributed by atoms with Gasteiger partial charge in [-0.15, -0.1) is 24.5 Å². The first-order valence-electron chi connectivity index (χ1n) is 7.83. The highest BCUT2D eigenvalue weighted by Gasteiger charge is 2.38. The monoisotopic (exact) mass is 412 g/mol. The number of ether oxygens (including phenoxy) is 1. The van der Waals surface area contributed by atoms with E-state index in [0.29, 0.717) is 0 Å². The average molecular weight is 412 g/mol. The van der Waals surface area contributed by atoms with Crippen LogP contribution < -0.4 is 9.64 Å². The highest BCUT2D eigenvalue weighted by atomic mass is 32.1. The molecule has 0 unspecified atom stereocenters. The molecule has 0 amide bonds. The van der Waals surface area contributed by atoms with Gasteiger partial charge < -0.3 is 14.7 Å². The lowest BCUT2D eigenvalue weighted by Gasteiger charge is -2.38. The van der Waals surface area contributed by atoms with Gasteiger partial charge in [0, 0.05) is 18.5 Å². The predicted molar refractivity (Wildman–Crippen MR) is 85.6 cm³/mol. The Labute approximate surface area is 154 Å². The smallest absolute Gasteiger partial charge is 0.406 e. The Balaban J connectivity index is 1.70. The Morgan fingerprint density at radius 2 is 1.78 bits per heavy atom.